The second-order valence-electron chi connectivity index (χ2n) is 7.08. The van der Waals surface area contributed by atoms with Crippen molar-refractivity contribution < 1.29 is 18.8 Å². The second-order valence-corrected chi connectivity index (χ2v) is 7.08. The molecule has 1 fully saturated rings. The van der Waals surface area contributed by atoms with Gasteiger partial charge in [0.1, 0.15) is 0 Å². The van der Waals surface area contributed by atoms with Crippen molar-refractivity contribution in [1.29, 1.82) is 0 Å². The smallest absolute Gasteiger partial charge is 0.462 e. The normalized spacial score (nSPS) is 20.3. The lowest BCUT2D eigenvalue weighted by molar-refractivity contribution is -0.143. The molecule has 4 nitrogen and oxygen atoms in total. The lowest BCUT2D eigenvalue weighted by Gasteiger charge is -2.32. The first-order valence-corrected chi connectivity index (χ1v) is 8.30. The van der Waals surface area contributed by atoms with Crippen molar-refractivity contribution in [1.82, 2.24) is 0 Å². The zero-order valence-corrected chi connectivity index (χ0v) is 14.8. The van der Waals surface area contributed by atoms with Crippen LogP contribution in [0.4, 0.5) is 0 Å². The molecule has 0 saturated carbocycles. The van der Waals surface area contributed by atoms with E-state index in [1.807, 2.05) is 52.8 Å². The lowest BCUT2D eigenvalue weighted by Crippen LogP contribution is -2.41. The fourth-order valence-corrected chi connectivity index (χ4v) is 2.70. The molecular formula is C18H27BO4. The number of carbonyl (C=O) groups excluding carboxylic acids is 1. The maximum absolute atomic E-state index is 12.0. The summed E-state index contributed by atoms with van der Waals surface area (Å²) in [5.41, 5.74) is 0.360. The van der Waals surface area contributed by atoms with E-state index in [0.29, 0.717) is 13.0 Å². The summed E-state index contributed by atoms with van der Waals surface area (Å²) in [6.45, 7) is 10.3. The number of benzene rings is 1. The zero-order chi connectivity index (χ0) is 17.1. The Morgan fingerprint density at radius 2 is 1.70 bits per heavy atom. The van der Waals surface area contributed by atoms with E-state index in [9.17, 15) is 4.79 Å². The third kappa shape index (κ3) is 4.36. The molecule has 1 aromatic rings. The fraction of sp³-hybridized carbons (Fsp3) is 0.611. The van der Waals surface area contributed by atoms with Crippen LogP contribution in [0.3, 0.4) is 0 Å². The molecule has 0 aliphatic carbocycles. The Kier molecular flexibility index (Phi) is 5.53. The minimum absolute atomic E-state index is 0.0718. The van der Waals surface area contributed by atoms with E-state index < -0.39 is 18.3 Å². The predicted molar refractivity (Wildman–Crippen MR) is 91.2 cm³/mol. The van der Waals surface area contributed by atoms with Crippen LogP contribution >= 0.6 is 0 Å². The molecule has 0 radical (unpaired) electrons. The summed E-state index contributed by atoms with van der Waals surface area (Å²) in [6.07, 6.45) is 1.01. The molecule has 0 bridgehead atoms. The topological polar surface area (TPSA) is 44.8 Å². The van der Waals surface area contributed by atoms with E-state index in [1.165, 1.54) is 0 Å². The maximum atomic E-state index is 12.0. The van der Waals surface area contributed by atoms with Gasteiger partial charge in [-0.3, -0.25) is 4.79 Å². The molecule has 0 spiro atoms. The number of hydrogen-bond acceptors (Lipinski definition) is 4. The van der Waals surface area contributed by atoms with Gasteiger partial charge < -0.3 is 14.0 Å². The van der Waals surface area contributed by atoms with Crippen molar-refractivity contribution in [3.8, 4) is 0 Å². The van der Waals surface area contributed by atoms with Gasteiger partial charge >= 0.3 is 13.1 Å². The third-order valence-corrected chi connectivity index (χ3v) is 4.73. The molecule has 23 heavy (non-hydrogen) atoms. The van der Waals surface area contributed by atoms with Gasteiger partial charge in [0.15, 0.2) is 0 Å². The Bertz CT molecular complexity index is 511. The first kappa shape index (κ1) is 18.0. The van der Waals surface area contributed by atoms with Crippen molar-refractivity contribution in [3.63, 3.8) is 0 Å². The lowest BCUT2D eigenvalue weighted by atomic mass is 9.67. The average molecular weight is 318 g/mol. The molecule has 0 unspecified atom stereocenters. The van der Waals surface area contributed by atoms with Crippen LogP contribution in [-0.2, 0) is 25.3 Å². The molecule has 1 aliphatic heterocycles. The number of rotatable bonds is 6. The highest BCUT2D eigenvalue weighted by Gasteiger charge is 2.53. The van der Waals surface area contributed by atoms with Gasteiger partial charge in [-0.1, -0.05) is 30.3 Å². The van der Waals surface area contributed by atoms with Crippen LogP contribution in [-0.4, -0.2) is 30.9 Å². The number of ether oxygens (including phenoxy) is 1. The van der Waals surface area contributed by atoms with E-state index in [1.54, 1.807) is 0 Å². The molecule has 1 atom stereocenters. The number of esters is 1. The molecule has 0 amide bonds. The van der Waals surface area contributed by atoms with Gasteiger partial charge in [0.2, 0.25) is 0 Å². The van der Waals surface area contributed by atoms with Crippen molar-refractivity contribution >= 4 is 13.1 Å². The minimum Gasteiger partial charge on any atom is -0.466 e. The Morgan fingerprint density at radius 3 is 2.22 bits per heavy atom. The van der Waals surface area contributed by atoms with E-state index in [2.05, 4.69) is 12.1 Å². The number of hydrogen-bond donors (Lipinski definition) is 0. The molecule has 0 aromatic heterocycles. The van der Waals surface area contributed by atoms with Crippen LogP contribution in [0.1, 0.15) is 46.6 Å². The van der Waals surface area contributed by atoms with Crippen LogP contribution in [0, 0.1) is 0 Å². The summed E-state index contributed by atoms with van der Waals surface area (Å²) in [6, 6.07) is 10.1. The predicted octanol–water partition coefficient (Wildman–Crippen LogP) is 3.64. The molecule has 5 heteroatoms. The molecule has 0 N–H and O–H groups in total. The Balaban J connectivity index is 2.15. The Hall–Kier alpha value is -1.33. The van der Waals surface area contributed by atoms with E-state index in [4.69, 9.17) is 14.0 Å². The van der Waals surface area contributed by atoms with E-state index in [-0.39, 0.29) is 11.8 Å². The van der Waals surface area contributed by atoms with Gasteiger partial charge in [-0.2, -0.15) is 0 Å². The Morgan fingerprint density at radius 1 is 1.13 bits per heavy atom. The van der Waals surface area contributed by atoms with Crippen LogP contribution < -0.4 is 0 Å². The summed E-state index contributed by atoms with van der Waals surface area (Å²) in [5, 5.41) is 0. The maximum Gasteiger partial charge on any atom is 0.462 e. The zero-order valence-electron chi connectivity index (χ0n) is 14.8. The minimum atomic E-state index is -0.412. The van der Waals surface area contributed by atoms with Crippen molar-refractivity contribution in [2.24, 2.45) is 0 Å². The van der Waals surface area contributed by atoms with Crippen LogP contribution in [0.25, 0.3) is 0 Å². The van der Waals surface area contributed by atoms with Crippen molar-refractivity contribution in [3.05, 3.63) is 35.9 Å². The van der Waals surface area contributed by atoms with Gasteiger partial charge in [0, 0.05) is 12.2 Å². The first-order valence-electron chi connectivity index (χ1n) is 8.30. The summed E-state index contributed by atoms with van der Waals surface area (Å²) in [7, 11) is -0.412. The van der Waals surface area contributed by atoms with E-state index in [0.717, 1.165) is 12.0 Å². The largest absolute Gasteiger partial charge is 0.466 e. The van der Waals surface area contributed by atoms with Gasteiger partial charge in [0.25, 0.3) is 0 Å². The van der Waals surface area contributed by atoms with Crippen LogP contribution in [0.15, 0.2) is 30.3 Å². The Labute approximate surface area is 139 Å². The third-order valence-electron chi connectivity index (χ3n) is 4.73. The van der Waals surface area contributed by atoms with Crippen molar-refractivity contribution in [2.75, 3.05) is 6.61 Å². The molecular weight excluding hydrogens is 291 g/mol. The molecule has 1 aromatic carbocycles. The quantitative estimate of drug-likeness (QED) is 0.593. The van der Waals surface area contributed by atoms with Gasteiger partial charge in [0.05, 0.1) is 17.8 Å². The summed E-state index contributed by atoms with van der Waals surface area (Å²) in [5.74, 6) is -0.277. The standard InChI is InChI=1S/C18H27BO4/c1-6-21-16(20)13-15(12-14-10-8-7-9-11-14)19-22-17(2,3)18(4,5)23-19/h7-11,15H,6,12-13H2,1-5H3/t15-/m0/s1. The highest BCUT2D eigenvalue weighted by Crippen LogP contribution is 2.41. The van der Waals surface area contributed by atoms with E-state index >= 15 is 0 Å². The highest BCUT2D eigenvalue weighted by molar-refractivity contribution is 6.48. The van der Waals surface area contributed by atoms with Gasteiger partial charge in [-0.15, -0.1) is 0 Å². The molecule has 2 rings (SSSR count). The summed E-state index contributed by atoms with van der Waals surface area (Å²) < 4.78 is 17.4. The van der Waals surface area contributed by atoms with Crippen LogP contribution in [0.2, 0.25) is 5.82 Å². The molecule has 1 heterocycles. The summed E-state index contributed by atoms with van der Waals surface area (Å²) >= 11 is 0. The van der Waals surface area contributed by atoms with Gasteiger partial charge in [-0.05, 0) is 46.6 Å². The van der Waals surface area contributed by atoms with Crippen molar-refractivity contribution in [2.45, 2.75) is 64.5 Å². The molecule has 126 valence electrons. The fourth-order valence-electron chi connectivity index (χ4n) is 2.70. The highest BCUT2D eigenvalue weighted by atomic mass is 16.7. The molecule has 1 saturated heterocycles. The second kappa shape index (κ2) is 7.06. The monoisotopic (exact) mass is 318 g/mol. The number of carbonyl (C=O) groups is 1. The first-order chi connectivity index (χ1) is 10.7. The van der Waals surface area contributed by atoms with Crippen LogP contribution in [0.5, 0.6) is 0 Å². The summed E-state index contributed by atoms with van der Waals surface area (Å²) in [4.78, 5) is 12.0. The SMILES string of the molecule is CCOC(=O)C[C@H](Cc1ccccc1)B1OC(C)(C)C(C)(C)O1. The molecule has 1 aliphatic rings. The van der Waals surface area contributed by atoms with Gasteiger partial charge in [-0.25, -0.2) is 0 Å². The average Bonchev–Trinajstić information content (AvgIpc) is 2.68.